The van der Waals surface area contributed by atoms with Crippen LogP contribution in [0.1, 0.15) is 5.82 Å². The molecule has 0 aliphatic heterocycles. The molecule has 0 saturated heterocycles. The Balaban J connectivity index is 1.83. The summed E-state index contributed by atoms with van der Waals surface area (Å²) in [5, 5.41) is 12.2. The van der Waals surface area contributed by atoms with Crippen LogP contribution in [0.5, 0.6) is 5.75 Å². The lowest BCUT2D eigenvalue weighted by Crippen LogP contribution is -2.04. The topological polar surface area (TPSA) is 78.3 Å². The van der Waals surface area contributed by atoms with Crippen molar-refractivity contribution in [2.24, 2.45) is 0 Å². The largest absolute Gasteiger partial charge is 0.483 e. The highest BCUT2D eigenvalue weighted by Gasteiger charge is 2.07. The zero-order valence-electron chi connectivity index (χ0n) is 9.52. The number of hydrogen-bond donors (Lipinski definition) is 1. The van der Waals surface area contributed by atoms with Crippen molar-refractivity contribution < 1.29 is 4.74 Å². The molecule has 3 aromatic rings. The van der Waals surface area contributed by atoms with Gasteiger partial charge in [0.1, 0.15) is 12.4 Å². The summed E-state index contributed by atoms with van der Waals surface area (Å²) in [4.78, 5) is 0. The summed E-state index contributed by atoms with van der Waals surface area (Å²) in [5.41, 5.74) is 7.08. The molecule has 90 valence electrons. The highest BCUT2D eigenvalue weighted by Crippen LogP contribution is 2.20. The Morgan fingerprint density at radius 3 is 2.89 bits per heavy atom. The zero-order valence-corrected chi connectivity index (χ0v) is 9.52. The maximum atomic E-state index is 5.79. The van der Waals surface area contributed by atoms with Crippen molar-refractivity contribution in [2.45, 2.75) is 6.61 Å². The van der Waals surface area contributed by atoms with Gasteiger partial charge in [-0.2, -0.15) is 9.61 Å². The summed E-state index contributed by atoms with van der Waals surface area (Å²) in [6, 6.07) is 11.0. The number of fused-ring (bicyclic) bond motifs is 1. The molecule has 0 radical (unpaired) electrons. The maximum Gasteiger partial charge on any atom is 0.192 e. The van der Waals surface area contributed by atoms with Crippen molar-refractivity contribution >= 4 is 11.3 Å². The number of nitrogen functional groups attached to an aromatic ring is 1. The first kappa shape index (κ1) is 10.5. The van der Waals surface area contributed by atoms with Crippen LogP contribution in [0.3, 0.4) is 0 Å². The molecule has 0 spiro atoms. The Morgan fingerprint density at radius 2 is 2.00 bits per heavy atom. The minimum absolute atomic E-state index is 0.270. The quantitative estimate of drug-likeness (QED) is 0.699. The first-order chi connectivity index (χ1) is 8.84. The van der Waals surface area contributed by atoms with Crippen LogP contribution < -0.4 is 10.5 Å². The normalized spacial score (nSPS) is 10.7. The fourth-order valence-corrected chi connectivity index (χ4v) is 1.63. The Hall–Kier alpha value is -2.63. The number of nitrogens with zero attached hydrogens (tertiary/aromatic N) is 4. The Bertz CT molecular complexity index is 679. The summed E-state index contributed by atoms with van der Waals surface area (Å²) in [6.45, 7) is 0.270. The number of benzene rings is 1. The lowest BCUT2D eigenvalue weighted by molar-refractivity contribution is 0.294. The van der Waals surface area contributed by atoms with Gasteiger partial charge in [0.05, 0.1) is 5.69 Å². The Labute approximate surface area is 103 Å². The average Bonchev–Trinajstić information content (AvgIpc) is 2.81. The lowest BCUT2D eigenvalue weighted by Gasteiger charge is -2.06. The lowest BCUT2D eigenvalue weighted by atomic mass is 10.3. The van der Waals surface area contributed by atoms with Gasteiger partial charge in [0, 0.05) is 6.20 Å². The van der Waals surface area contributed by atoms with Crippen LogP contribution in [-0.2, 0) is 6.61 Å². The summed E-state index contributed by atoms with van der Waals surface area (Å²) in [6.07, 6.45) is 1.68. The van der Waals surface area contributed by atoms with Crippen molar-refractivity contribution in [2.75, 3.05) is 5.73 Å². The van der Waals surface area contributed by atoms with Crippen LogP contribution in [0.25, 0.3) is 5.65 Å². The van der Waals surface area contributed by atoms with Gasteiger partial charge in [-0.25, -0.2) is 0 Å². The SMILES string of the molecule is Nc1ccccc1OCc1nnc2cccnn12. The number of hydrogen-bond acceptors (Lipinski definition) is 5. The molecule has 2 aromatic heterocycles. The van der Waals surface area contributed by atoms with Crippen LogP contribution in [-0.4, -0.2) is 19.8 Å². The molecule has 0 fully saturated rings. The van der Waals surface area contributed by atoms with E-state index in [-0.39, 0.29) is 6.61 Å². The third-order valence-electron chi connectivity index (χ3n) is 2.52. The smallest absolute Gasteiger partial charge is 0.192 e. The summed E-state index contributed by atoms with van der Waals surface area (Å²) in [5.74, 6) is 1.26. The van der Waals surface area contributed by atoms with E-state index in [1.165, 1.54) is 0 Å². The average molecular weight is 241 g/mol. The van der Waals surface area contributed by atoms with Gasteiger partial charge in [0.2, 0.25) is 0 Å². The fraction of sp³-hybridized carbons (Fsp3) is 0.0833. The highest BCUT2D eigenvalue weighted by atomic mass is 16.5. The van der Waals surface area contributed by atoms with Gasteiger partial charge in [0.15, 0.2) is 11.5 Å². The van der Waals surface area contributed by atoms with Gasteiger partial charge in [-0.15, -0.1) is 10.2 Å². The molecule has 6 nitrogen and oxygen atoms in total. The second kappa shape index (κ2) is 4.33. The molecule has 0 aliphatic carbocycles. The van der Waals surface area contributed by atoms with Gasteiger partial charge < -0.3 is 10.5 Å². The molecule has 0 amide bonds. The molecule has 2 N–H and O–H groups in total. The van der Waals surface area contributed by atoms with Crippen LogP contribution in [0, 0.1) is 0 Å². The molecule has 0 unspecified atom stereocenters. The molecular formula is C12H11N5O. The van der Waals surface area contributed by atoms with Gasteiger partial charge in [-0.1, -0.05) is 12.1 Å². The van der Waals surface area contributed by atoms with Crippen molar-refractivity contribution in [1.29, 1.82) is 0 Å². The summed E-state index contributed by atoms with van der Waals surface area (Å²) in [7, 11) is 0. The molecule has 0 aliphatic rings. The van der Waals surface area contributed by atoms with Crippen LogP contribution in [0.2, 0.25) is 0 Å². The zero-order chi connectivity index (χ0) is 12.4. The molecule has 2 heterocycles. The molecule has 0 atom stereocenters. The van der Waals surface area contributed by atoms with Crippen LogP contribution >= 0.6 is 0 Å². The van der Waals surface area contributed by atoms with Crippen molar-refractivity contribution in [3.63, 3.8) is 0 Å². The second-order valence-corrected chi connectivity index (χ2v) is 3.74. The van der Waals surface area contributed by atoms with Gasteiger partial charge in [-0.3, -0.25) is 0 Å². The van der Waals surface area contributed by atoms with E-state index in [1.54, 1.807) is 16.8 Å². The van der Waals surface area contributed by atoms with Gasteiger partial charge in [-0.05, 0) is 24.3 Å². The number of anilines is 1. The van der Waals surface area contributed by atoms with E-state index < -0.39 is 0 Å². The van der Waals surface area contributed by atoms with Crippen molar-refractivity contribution in [3.05, 3.63) is 48.4 Å². The van der Waals surface area contributed by atoms with E-state index in [0.29, 0.717) is 22.9 Å². The van der Waals surface area contributed by atoms with Crippen molar-refractivity contribution in [1.82, 2.24) is 19.8 Å². The predicted octanol–water partition coefficient (Wildman–Crippen LogP) is 1.29. The Kier molecular flexibility index (Phi) is 2.53. The standard InChI is InChI=1S/C12H11N5O/c13-9-4-1-2-5-10(9)18-8-12-16-15-11-6-3-7-14-17(11)12/h1-7H,8,13H2. The molecular weight excluding hydrogens is 230 g/mol. The number of aromatic nitrogens is 4. The summed E-state index contributed by atoms with van der Waals surface area (Å²) >= 11 is 0. The molecule has 1 aromatic carbocycles. The molecule has 18 heavy (non-hydrogen) atoms. The first-order valence-corrected chi connectivity index (χ1v) is 5.47. The molecule has 0 bridgehead atoms. The second-order valence-electron chi connectivity index (χ2n) is 3.74. The molecule has 6 heteroatoms. The van der Waals surface area contributed by atoms with Crippen LogP contribution in [0.4, 0.5) is 5.69 Å². The molecule has 3 rings (SSSR count). The van der Waals surface area contributed by atoms with E-state index in [2.05, 4.69) is 15.3 Å². The van der Waals surface area contributed by atoms with E-state index in [9.17, 15) is 0 Å². The van der Waals surface area contributed by atoms with Gasteiger partial charge >= 0.3 is 0 Å². The summed E-state index contributed by atoms with van der Waals surface area (Å²) < 4.78 is 7.24. The minimum atomic E-state index is 0.270. The van der Waals surface area contributed by atoms with Crippen molar-refractivity contribution in [3.8, 4) is 5.75 Å². The highest BCUT2D eigenvalue weighted by molar-refractivity contribution is 5.51. The third-order valence-corrected chi connectivity index (χ3v) is 2.52. The van der Waals surface area contributed by atoms with Gasteiger partial charge in [0.25, 0.3) is 0 Å². The molecule has 0 saturated carbocycles. The van der Waals surface area contributed by atoms with E-state index in [4.69, 9.17) is 10.5 Å². The predicted molar refractivity (Wildman–Crippen MR) is 66.0 cm³/mol. The first-order valence-electron chi connectivity index (χ1n) is 5.47. The van der Waals surface area contributed by atoms with Crippen LogP contribution in [0.15, 0.2) is 42.6 Å². The number of rotatable bonds is 3. The van der Waals surface area contributed by atoms with E-state index >= 15 is 0 Å². The number of nitrogens with two attached hydrogens (primary N) is 1. The van der Waals surface area contributed by atoms with E-state index in [1.807, 2.05) is 30.3 Å². The Morgan fingerprint density at radius 1 is 1.11 bits per heavy atom. The maximum absolute atomic E-state index is 5.79. The minimum Gasteiger partial charge on any atom is -0.483 e. The monoisotopic (exact) mass is 241 g/mol. The van der Waals surface area contributed by atoms with E-state index in [0.717, 1.165) is 0 Å². The third kappa shape index (κ3) is 1.84. The fourth-order valence-electron chi connectivity index (χ4n) is 1.63. The number of para-hydroxylation sites is 2. The number of ether oxygens (including phenoxy) is 1.